The molecule has 1 aliphatic rings. The van der Waals surface area contributed by atoms with Crippen LogP contribution in [0.4, 0.5) is 0 Å². The molecule has 0 aromatic heterocycles. The maximum absolute atomic E-state index is 12.0. The molecule has 0 saturated carbocycles. The summed E-state index contributed by atoms with van der Waals surface area (Å²) in [5.41, 5.74) is 6.29. The van der Waals surface area contributed by atoms with E-state index in [-0.39, 0.29) is 11.9 Å². The van der Waals surface area contributed by atoms with Gasteiger partial charge in [0.2, 0.25) is 5.91 Å². The SMILES string of the molecule is CSCC[C@H](N)C(=O)N1CCC(C)(C)CC1. The molecule has 0 bridgehead atoms. The van der Waals surface area contributed by atoms with Crippen LogP contribution in [-0.4, -0.2) is 41.9 Å². The van der Waals surface area contributed by atoms with E-state index in [1.165, 1.54) is 0 Å². The fraction of sp³-hybridized carbons (Fsp3) is 0.917. The first-order valence-corrected chi connectivity index (χ1v) is 7.39. The van der Waals surface area contributed by atoms with Gasteiger partial charge in [0.25, 0.3) is 0 Å². The highest BCUT2D eigenvalue weighted by molar-refractivity contribution is 7.98. The quantitative estimate of drug-likeness (QED) is 0.819. The van der Waals surface area contributed by atoms with E-state index in [2.05, 4.69) is 13.8 Å². The van der Waals surface area contributed by atoms with Gasteiger partial charge in [0, 0.05) is 13.1 Å². The Morgan fingerprint density at radius 1 is 1.44 bits per heavy atom. The number of piperidine rings is 1. The van der Waals surface area contributed by atoms with Crippen molar-refractivity contribution >= 4 is 17.7 Å². The highest BCUT2D eigenvalue weighted by Gasteiger charge is 2.29. The molecule has 4 heteroatoms. The van der Waals surface area contributed by atoms with Crippen molar-refractivity contribution in [3.05, 3.63) is 0 Å². The zero-order valence-corrected chi connectivity index (χ0v) is 11.5. The Morgan fingerprint density at radius 3 is 2.50 bits per heavy atom. The average Bonchev–Trinajstić information content (AvgIpc) is 2.25. The lowest BCUT2D eigenvalue weighted by molar-refractivity contribution is -0.134. The molecule has 1 aliphatic heterocycles. The molecule has 16 heavy (non-hydrogen) atoms. The third kappa shape index (κ3) is 3.98. The summed E-state index contributed by atoms with van der Waals surface area (Å²) in [4.78, 5) is 13.9. The predicted octanol–water partition coefficient (Wildman–Crippen LogP) is 1.72. The van der Waals surface area contributed by atoms with Gasteiger partial charge in [0.1, 0.15) is 0 Å². The summed E-state index contributed by atoms with van der Waals surface area (Å²) in [6, 6.07) is -0.298. The Balaban J connectivity index is 2.38. The molecule has 0 spiro atoms. The minimum Gasteiger partial charge on any atom is -0.341 e. The second-order valence-corrected chi connectivity index (χ2v) is 6.36. The van der Waals surface area contributed by atoms with E-state index in [4.69, 9.17) is 5.73 Å². The van der Waals surface area contributed by atoms with E-state index in [9.17, 15) is 4.79 Å². The molecule has 0 aromatic carbocycles. The molecule has 1 saturated heterocycles. The smallest absolute Gasteiger partial charge is 0.239 e. The monoisotopic (exact) mass is 244 g/mol. The number of amides is 1. The second-order valence-electron chi connectivity index (χ2n) is 5.38. The van der Waals surface area contributed by atoms with Crippen LogP contribution in [0.25, 0.3) is 0 Å². The van der Waals surface area contributed by atoms with Crippen LogP contribution in [0.15, 0.2) is 0 Å². The summed E-state index contributed by atoms with van der Waals surface area (Å²) in [5, 5.41) is 0. The highest BCUT2D eigenvalue weighted by atomic mass is 32.2. The molecule has 1 amide bonds. The summed E-state index contributed by atoms with van der Waals surface area (Å²) in [6.45, 7) is 6.28. The summed E-state index contributed by atoms with van der Waals surface area (Å²) in [7, 11) is 0. The van der Waals surface area contributed by atoms with Gasteiger partial charge in [0.15, 0.2) is 0 Å². The van der Waals surface area contributed by atoms with E-state index < -0.39 is 0 Å². The van der Waals surface area contributed by atoms with Gasteiger partial charge in [-0.2, -0.15) is 11.8 Å². The normalized spacial score (nSPS) is 21.9. The van der Waals surface area contributed by atoms with Crippen LogP contribution in [0.5, 0.6) is 0 Å². The molecule has 1 heterocycles. The summed E-state index contributed by atoms with van der Waals surface area (Å²) in [6.07, 6.45) is 5.02. The molecular formula is C12H24N2OS. The highest BCUT2D eigenvalue weighted by Crippen LogP contribution is 2.29. The second kappa shape index (κ2) is 5.92. The van der Waals surface area contributed by atoms with E-state index in [0.29, 0.717) is 5.41 Å². The number of likely N-dealkylation sites (tertiary alicyclic amines) is 1. The average molecular weight is 244 g/mol. The Labute approximate surface area is 103 Å². The number of rotatable bonds is 4. The van der Waals surface area contributed by atoms with E-state index in [1.807, 2.05) is 11.2 Å². The number of carbonyl (C=O) groups excluding carboxylic acids is 1. The Bertz CT molecular complexity index is 233. The molecule has 1 rings (SSSR count). The number of carbonyl (C=O) groups is 1. The summed E-state index contributed by atoms with van der Waals surface area (Å²) < 4.78 is 0. The predicted molar refractivity (Wildman–Crippen MR) is 70.6 cm³/mol. The van der Waals surface area contributed by atoms with Gasteiger partial charge in [0.05, 0.1) is 6.04 Å². The van der Waals surface area contributed by atoms with E-state index in [1.54, 1.807) is 11.8 Å². The lowest BCUT2D eigenvalue weighted by Gasteiger charge is -2.37. The number of nitrogens with zero attached hydrogens (tertiary/aromatic N) is 1. The van der Waals surface area contributed by atoms with E-state index >= 15 is 0 Å². The lowest BCUT2D eigenvalue weighted by atomic mass is 9.82. The van der Waals surface area contributed by atoms with Gasteiger partial charge in [-0.05, 0) is 36.7 Å². The lowest BCUT2D eigenvalue weighted by Crippen LogP contribution is -2.48. The van der Waals surface area contributed by atoms with Gasteiger partial charge in [-0.15, -0.1) is 0 Å². The zero-order valence-electron chi connectivity index (χ0n) is 10.7. The van der Waals surface area contributed by atoms with Crippen molar-refractivity contribution in [3.8, 4) is 0 Å². The third-order valence-electron chi connectivity index (χ3n) is 3.38. The maximum atomic E-state index is 12.0. The number of nitrogens with two attached hydrogens (primary N) is 1. The molecule has 0 unspecified atom stereocenters. The van der Waals surface area contributed by atoms with Gasteiger partial charge in [-0.3, -0.25) is 4.79 Å². The molecule has 0 radical (unpaired) electrons. The van der Waals surface area contributed by atoms with E-state index in [0.717, 1.165) is 38.1 Å². The molecule has 0 aliphatic carbocycles. The van der Waals surface area contributed by atoms with Crippen molar-refractivity contribution in [3.63, 3.8) is 0 Å². The minimum atomic E-state index is -0.298. The number of hydrogen-bond donors (Lipinski definition) is 1. The first-order chi connectivity index (χ1) is 7.46. The molecular weight excluding hydrogens is 220 g/mol. The van der Waals surface area contributed by atoms with Gasteiger partial charge >= 0.3 is 0 Å². The van der Waals surface area contributed by atoms with Crippen molar-refractivity contribution in [2.75, 3.05) is 25.1 Å². The van der Waals surface area contributed by atoms with Crippen LogP contribution in [0, 0.1) is 5.41 Å². The maximum Gasteiger partial charge on any atom is 0.239 e. The topological polar surface area (TPSA) is 46.3 Å². The minimum absolute atomic E-state index is 0.143. The summed E-state index contributed by atoms with van der Waals surface area (Å²) >= 11 is 1.74. The van der Waals surface area contributed by atoms with Crippen LogP contribution < -0.4 is 5.73 Å². The zero-order chi connectivity index (χ0) is 12.2. The molecule has 94 valence electrons. The van der Waals surface area contributed by atoms with Crippen LogP contribution >= 0.6 is 11.8 Å². The van der Waals surface area contributed by atoms with Gasteiger partial charge in [-0.1, -0.05) is 13.8 Å². The van der Waals surface area contributed by atoms with Crippen molar-refractivity contribution in [1.82, 2.24) is 4.90 Å². The number of hydrogen-bond acceptors (Lipinski definition) is 3. The van der Waals surface area contributed by atoms with Crippen molar-refractivity contribution in [2.45, 2.75) is 39.2 Å². The fourth-order valence-electron chi connectivity index (χ4n) is 1.94. The largest absolute Gasteiger partial charge is 0.341 e. The first-order valence-electron chi connectivity index (χ1n) is 5.99. The standard InChI is InChI=1S/C12H24N2OS/c1-12(2)5-7-14(8-6-12)11(15)10(13)4-9-16-3/h10H,4-9,13H2,1-3H3/t10-/m0/s1. The molecule has 0 aromatic rings. The Kier molecular flexibility index (Phi) is 5.12. The Morgan fingerprint density at radius 2 is 2.00 bits per heavy atom. The number of thioether (sulfide) groups is 1. The van der Waals surface area contributed by atoms with Crippen LogP contribution in [0.3, 0.4) is 0 Å². The van der Waals surface area contributed by atoms with Gasteiger partial charge < -0.3 is 10.6 Å². The Hall–Kier alpha value is -0.220. The molecule has 1 atom stereocenters. The third-order valence-corrected chi connectivity index (χ3v) is 4.02. The van der Waals surface area contributed by atoms with Crippen LogP contribution in [-0.2, 0) is 4.79 Å². The fourth-order valence-corrected chi connectivity index (χ4v) is 2.42. The molecule has 3 nitrogen and oxygen atoms in total. The summed E-state index contributed by atoms with van der Waals surface area (Å²) in [5.74, 6) is 1.11. The molecule has 2 N–H and O–H groups in total. The van der Waals surface area contributed by atoms with Gasteiger partial charge in [-0.25, -0.2) is 0 Å². The van der Waals surface area contributed by atoms with Crippen LogP contribution in [0.1, 0.15) is 33.1 Å². The van der Waals surface area contributed by atoms with Crippen molar-refractivity contribution < 1.29 is 4.79 Å². The first kappa shape index (κ1) is 13.8. The van der Waals surface area contributed by atoms with Crippen LogP contribution in [0.2, 0.25) is 0 Å². The van der Waals surface area contributed by atoms with Crippen molar-refractivity contribution in [2.24, 2.45) is 11.1 Å². The van der Waals surface area contributed by atoms with Crippen molar-refractivity contribution in [1.29, 1.82) is 0 Å². The molecule has 1 fully saturated rings.